The molecule has 3 N–H and O–H groups in total. The molecule has 20 heavy (non-hydrogen) atoms. The van der Waals surface area contributed by atoms with Crippen molar-refractivity contribution < 1.29 is 4.79 Å². The first-order valence-corrected chi connectivity index (χ1v) is 7.73. The van der Waals surface area contributed by atoms with Gasteiger partial charge in [0.05, 0.1) is 0 Å². The Morgan fingerprint density at radius 3 is 2.70 bits per heavy atom. The quantitative estimate of drug-likeness (QED) is 0.823. The third-order valence-corrected chi connectivity index (χ3v) is 4.12. The van der Waals surface area contributed by atoms with Crippen LogP contribution in [0.1, 0.15) is 29.3 Å². The van der Waals surface area contributed by atoms with Gasteiger partial charge in [-0.1, -0.05) is 36.4 Å². The molecule has 0 saturated carbocycles. The molecular formula is C16H20N2OS. The van der Waals surface area contributed by atoms with Crippen LogP contribution in [0.15, 0.2) is 47.8 Å². The highest BCUT2D eigenvalue weighted by molar-refractivity contribution is 7.09. The molecule has 1 aromatic heterocycles. The van der Waals surface area contributed by atoms with Crippen molar-refractivity contribution in [2.24, 2.45) is 5.73 Å². The molecular weight excluding hydrogens is 268 g/mol. The lowest BCUT2D eigenvalue weighted by Gasteiger charge is -2.11. The fourth-order valence-corrected chi connectivity index (χ4v) is 2.73. The summed E-state index contributed by atoms with van der Waals surface area (Å²) in [6, 6.07) is 13.9. The minimum absolute atomic E-state index is 0.0701. The Morgan fingerprint density at radius 1 is 1.20 bits per heavy atom. The van der Waals surface area contributed by atoms with Gasteiger partial charge >= 0.3 is 0 Å². The smallest absolute Gasteiger partial charge is 0.220 e. The van der Waals surface area contributed by atoms with Crippen molar-refractivity contribution >= 4 is 17.2 Å². The summed E-state index contributed by atoms with van der Waals surface area (Å²) in [5.41, 5.74) is 7.15. The lowest BCUT2D eigenvalue weighted by Crippen LogP contribution is -2.26. The van der Waals surface area contributed by atoms with Crippen LogP contribution in [0.4, 0.5) is 0 Å². The predicted octanol–water partition coefficient (Wildman–Crippen LogP) is 2.89. The van der Waals surface area contributed by atoms with Crippen LogP contribution in [-0.2, 0) is 11.2 Å². The molecule has 1 atom stereocenters. The fourth-order valence-electron chi connectivity index (χ4n) is 2.02. The molecule has 0 radical (unpaired) electrons. The van der Waals surface area contributed by atoms with Crippen molar-refractivity contribution in [3.8, 4) is 0 Å². The second-order valence-corrected chi connectivity index (χ2v) is 5.77. The first kappa shape index (κ1) is 14.8. The lowest BCUT2D eigenvalue weighted by molar-refractivity contribution is -0.121. The Kier molecular flexibility index (Phi) is 5.77. The van der Waals surface area contributed by atoms with E-state index in [-0.39, 0.29) is 11.9 Å². The highest BCUT2D eigenvalue weighted by Gasteiger charge is 2.08. The van der Waals surface area contributed by atoms with Crippen LogP contribution in [0.25, 0.3) is 0 Å². The van der Waals surface area contributed by atoms with Gasteiger partial charge in [-0.15, -0.1) is 11.3 Å². The van der Waals surface area contributed by atoms with Crippen LogP contribution in [0.3, 0.4) is 0 Å². The number of carbonyl (C=O) groups excluding carboxylic acids is 1. The molecule has 4 heteroatoms. The van der Waals surface area contributed by atoms with E-state index in [1.165, 1.54) is 4.88 Å². The molecule has 0 fully saturated rings. The molecule has 2 aromatic rings. The van der Waals surface area contributed by atoms with Gasteiger partial charge in [0.15, 0.2) is 0 Å². The third-order valence-electron chi connectivity index (χ3n) is 3.18. The number of carbonyl (C=O) groups is 1. The Hall–Kier alpha value is -1.65. The molecule has 106 valence electrons. The summed E-state index contributed by atoms with van der Waals surface area (Å²) in [7, 11) is 0. The maximum Gasteiger partial charge on any atom is 0.220 e. The molecule has 0 spiro atoms. The second-order valence-electron chi connectivity index (χ2n) is 4.74. The standard InChI is InChI=1S/C16H20N2OS/c17-15(13-5-2-1-3-6-13)8-9-16(19)18-11-10-14-7-4-12-20-14/h1-7,12,15H,8-11,17H2,(H,18,19). The molecule has 1 heterocycles. The average Bonchev–Trinajstić information content (AvgIpc) is 2.99. The molecule has 0 bridgehead atoms. The summed E-state index contributed by atoms with van der Waals surface area (Å²) in [6.45, 7) is 0.694. The summed E-state index contributed by atoms with van der Waals surface area (Å²) >= 11 is 1.72. The van der Waals surface area contributed by atoms with Crippen molar-refractivity contribution in [2.45, 2.75) is 25.3 Å². The van der Waals surface area contributed by atoms with Crippen LogP contribution in [0, 0.1) is 0 Å². The van der Waals surface area contributed by atoms with Gasteiger partial charge in [0.2, 0.25) is 5.91 Å². The van der Waals surface area contributed by atoms with Crippen molar-refractivity contribution in [1.82, 2.24) is 5.32 Å². The number of nitrogens with two attached hydrogens (primary N) is 1. The zero-order valence-electron chi connectivity index (χ0n) is 11.4. The van der Waals surface area contributed by atoms with E-state index < -0.39 is 0 Å². The molecule has 3 nitrogen and oxygen atoms in total. The largest absolute Gasteiger partial charge is 0.356 e. The minimum atomic E-state index is -0.0701. The summed E-state index contributed by atoms with van der Waals surface area (Å²) < 4.78 is 0. The summed E-state index contributed by atoms with van der Waals surface area (Å²) in [5, 5.41) is 4.99. The van der Waals surface area contributed by atoms with Crippen LogP contribution >= 0.6 is 11.3 Å². The van der Waals surface area contributed by atoms with Crippen molar-refractivity contribution in [1.29, 1.82) is 0 Å². The average molecular weight is 288 g/mol. The van der Waals surface area contributed by atoms with Gasteiger partial charge in [0.1, 0.15) is 0 Å². The van der Waals surface area contributed by atoms with Crippen LogP contribution in [0.2, 0.25) is 0 Å². The number of amides is 1. The predicted molar refractivity (Wildman–Crippen MR) is 83.6 cm³/mol. The topological polar surface area (TPSA) is 55.1 Å². The van der Waals surface area contributed by atoms with Gasteiger partial charge < -0.3 is 11.1 Å². The van der Waals surface area contributed by atoms with E-state index in [2.05, 4.69) is 16.8 Å². The van der Waals surface area contributed by atoms with Gasteiger partial charge in [-0.2, -0.15) is 0 Å². The molecule has 1 unspecified atom stereocenters. The SMILES string of the molecule is NC(CCC(=O)NCCc1cccs1)c1ccccc1. The fraction of sp³-hybridized carbons (Fsp3) is 0.312. The van der Waals surface area contributed by atoms with E-state index in [4.69, 9.17) is 5.73 Å². The van der Waals surface area contributed by atoms with E-state index in [0.717, 1.165) is 12.0 Å². The van der Waals surface area contributed by atoms with Crippen LogP contribution in [-0.4, -0.2) is 12.5 Å². The number of nitrogens with one attached hydrogen (secondary N) is 1. The van der Waals surface area contributed by atoms with Crippen molar-refractivity contribution in [3.63, 3.8) is 0 Å². The maximum atomic E-state index is 11.7. The van der Waals surface area contributed by atoms with Crippen LogP contribution in [0.5, 0.6) is 0 Å². The molecule has 0 aliphatic carbocycles. The Labute approximate surface area is 123 Å². The number of benzene rings is 1. The third kappa shape index (κ3) is 4.79. The van der Waals surface area contributed by atoms with Gasteiger partial charge in [-0.05, 0) is 29.9 Å². The zero-order chi connectivity index (χ0) is 14.2. The Bertz CT molecular complexity index is 511. The van der Waals surface area contributed by atoms with Crippen molar-refractivity contribution in [2.75, 3.05) is 6.54 Å². The molecule has 0 saturated heterocycles. The molecule has 0 aliphatic heterocycles. The minimum Gasteiger partial charge on any atom is -0.356 e. The number of thiophene rings is 1. The van der Waals surface area contributed by atoms with Crippen LogP contribution < -0.4 is 11.1 Å². The number of rotatable bonds is 7. The molecule has 1 amide bonds. The van der Waals surface area contributed by atoms with Gasteiger partial charge in [-0.25, -0.2) is 0 Å². The highest BCUT2D eigenvalue weighted by atomic mass is 32.1. The second kappa shape index (κ2) is 7.82. The summed E-state index contributed by atoms with van der Waals surface area (Å²) in [4.78, 5) is 13.0. The first-order valence-electron chi connectivity index (χ1n) is 6.85. The first-order chi connectivity index (χ1) is 9.75. The van der Waals surface area contributed by atoms with Gasteiger partial charge in [0, 0.05) is 23.9 Å². The summed E-state index contributed by atoms with van der Waals surface area (Å²) in [5.74, 6) is 0.0768. The van der Waals surface area contributed by atoms with E-state index in [0.29, 0.717) is 19.4 Å². The van der Waals surface area contributed by atoms with Crippen molar-refractivity contribution in [3.05, 3.63) is 58.3 Å². The maximum absolute atomic E-state index is 11.7. The normalized spacial score (nSPS) is 12.1. The van der Waals surface area contributed by atoms with Gasteiger partial charge in [0.25, 0.3) is 0 Å². The Balaban J connectivity index is 1.65. The summed E-state index contributed by atoms with van der Waals surface area (Å²) in [6.07, 6.45) is 2.05. The number of hydrogen-bond donors (Lipinski definition) is 2. The monoisotopic (exact) mass is 288 g/mol. The zero-order valence-corrected chi connectivity index (χ0v) is 12.2. The molecule has 2 rings (SSSR count). The number of hydrogen-bond acceptors (Lipinski definition) is 3. The van der Waals surface area contributed by atoms with E-state index in [9.17, 15) is 4.79 Å². The molecule has 1 aromatic carbocycles. The van der Waals surface area contributed by atoms with E-state index in [1.54, 1.807) is 11.3 Å². The van der Waals surface area contributed by atoms with E-state index >= 15 is 0 Å². The Morgan fingerprint density at radius 2 is 2.00 bits per heavy atom. The van der Waals surface area contributed by atoms with Gasteiger partial charge in [-0.3, -0.25) is 4.79 Å². The molecule has 0 aliphatic rings. The highest BCUT2D eigenvalue weighted by Crippen LogP contribution is 2.14. The lowest BCUT2D eigenvalue weighted by atomic mass is 10.0. The van der Waals surface area contributed by atoms with E-state index in [1.807, 2.05) is 36.4 Å².